The molecule has 0 N–H and O–H groups in total. The first kappa shape index (κ1) is 19.1. The van der Waals surface area contributed by atoms with E-state index < -0.39 is 17.7 Å². The SMILES string of the molecule is C/C=C/C=C/C(=O)CC(=O)C1CCCCN1C(=O)OC(C)(C)C. The first-order chi connectivity index (χ1) is 10.7. The maximum Gasteiger partial charge on any atom is 0.410 e. The van der Waals surface area contributed by atoms with Gasteiger partial charge >= 0.3 is 6.09 Å². The highest BCUT2D eigenvalue weighted by molar-refractivity contribution is 6.06. The number of ketones is 2. The van der Waals surface area contributed by atoms with Crippen molar-refractivity contribution in [3.05, 3.63) is 24.3 Å². The van der Waals surface area contributed by atoms with E-state index in [0.717, 1.165) is 12.8 Å². The molecule has 1 heterocycles. The second-order valence-electron chi connectivity index (χ2n) is 6.68. The normalized spacial score (nSPS) is 19.3. The van der Waals surface area contributed by atoms with Gasteiger partial charge in [0.1, 0.15) is 5.60 Å². The smallest absolute Gasteiger partial charge is 0.410 e. The van der Waals surface area contributed by atoms with Crippen LogP contribution < -0.4 is 0 Å². The Balaban J connectivity index is 2.71. The van der Waals surface area contributed by atoms with Gasteiger partial charge in [0.25, 0.3) is 0 Å². The summed E-state index contributed by atoms with van der Waals surface area (Å²) in [6.07, 6.45) is 8.18. The summed E-state index contributed by atoms with van der Waals surface area (Å²) in [4.78, 5) is 37.9. The van der Waals surface area contributed by atoms with Crippen molar-refractivity contribution in [2.24, 2.45) is 0 Å². The third-order valence-corrected chi connectivity index (χ3v) is 3.44. The maximum absolute atomic E-state index is 12.4. The number of rotatable bonds is 5. The minimum atomic E-state index is -0.604. The summed E-state index contributed by atoms with van der Waals surface area (Å²) < 4.78 is 5.37. The Kier molecular flexibility index (Phi) is 7.20. The van der Waals surface area contributed by atoms with Crippen molar-refractivity contribution < 1.29 is 19.1 Å². The summed E-state index contributed by atoms with van der Waals surface area (Å²) in [6.45, 7) is 7.72. The van der Waals surface area contributed by atoms with Crippen LogP contribution in [0.5, 0.6) is 0 Å². The fraction of sp³-hybridized carbons (Fsp3) is 0.611. The van der Waals surface area contributed by atoms with Gasteiger partial charge in [-0.2, -0.15) is 0 Å². The second-order valence-corrected chi connectivity index (χ2v) is 6.68. The van der Waals surface area contributed by atoms with E-state index >= 15 is 0 Å². The number of Topliss-reactive ketones (excluding diaryl/α,β-unsaturated/α-hetero) is 1. The van der Waals surface area contributed by atoms with Crippen LogP contribution >= 0.6 is 0 Å². The molecule has 0 radical (unpaired) electrons. The molecule has 1 fully saturated rings. The lowest BCUT2D eigenvalue weighted by Gasteiger charge is -2.35. The highest BCUT2D eigenvalue weighted by atomic mass is 16.6. The van der Waals surface area contributed by atoms with Gasteiger partial charge in [-0.1, -0.05) is 18.2 Å². The molecule has 5 nitrogen and oxygen atoms in total. The van der Waals surface area contributed by atoms with Crippen LogP contribution in [0.3, 0.4) is 0 Å². The number of allylic oxidation sites excluding steroid dienone is 4. The van der Waals surface area contributed by atoms with Gasteiger partial charge < -0.3 is 4.74 Å². The third kappa shape index (κ3) is 6.80. The van der Waals surface area contributed by atoms with E-state index in [1.165, 1.54) is 11.0 Å². The lowest BCUT2D eigenvalue weighted by atomic mass is 9.96. The van der Waals surface area contributed by atoms with Gasteiger partial charge in [0, 0.05) is 6.54 Å². The summed E-state index contributed by atoms with van der Waals surface area (Å²) >= 11 is 0. The standard InChI is InChI=1S/C18H27NO4/c1-5-6-7-10-14(20)13-16(21)15-11-8-9-12-19(15)17(22)23-18(2,3)4/h5-7,10,15H,8-9,11-13H2,1-4H3/b6-5+,10-7+. The lowest BCUT2D eigenvalue weighted by molar-refractivity contribution is -0.129. The highest BCUT2D eigenvalue weighted by Gasteiger charge is 2.34. The molecule has 0 aromatic heterocycles. The molecule has 0 aromatic carbocycles. The molecule has 0 aliphatic carbocycles. The first-order valence-electron chi connectivity index (χ1n) is 8.09. The molecule has 0 spiro atoms. The zero-order valence-corrected chi connectivity index (χ0v) is 14.5. The van der Waals surface area contributed by atoms with Crippen molar-refractivity contribution in [1.29, 1.82) is 0 Å². The molecule has 0 bridgehead atoms. The van der Waals surface area contributed by atoms with Crippen molar-refractivity contribution in [3.8, 4) is 0 Å². The molecule has 1 unspecified atom stereocenters. The van der Waals surface area contributed by atoms with Crippen LogP contribution in [0.2, 0.25) is 0 Å². The molecule has 1 saturated heterocycles. The van der Waals surface area contributed by atoms with Crippen LogP contribution in [0.4, 0.5) is 4.79 Å². The number of carbonyl (C=O) groups excluding carboxylic acids is 3. The number of hydrogen-bond donors (Lipinski definition) is 0. The Bertz CT molecular complexity index is 500. The summed E-state index contributed by atoms with van der Waals surface area (Å²) in [5.74, 6) is -0.464. The molecule has 128 valence electrons. The molecule has 1 amide bonds. The minimum absolute atomic E-state index is 0.183. The molecule has 0 aromatic rings. The topological polar surface area (TPSA) is 63.7 Å². The number of nitrogens with zero attached hydrogens (tertiary/aromatic N) is 1. The summed E-state index contributed by atoms with van der Waals surface area (Å²) in [5.41, 5.74) is -0.604. The Hall–Kier alpha value is -1.91. The fourth-order valence-electron chi connectivity index (χ4n) is 2.43. The van der Waals surface area contributed by atoms with Gasteiger partial charge in [-0.15, -0.1) is 0 Å². The molecule has 0 saturated carbocycles. The van der Waals surface area contributed by atoms with Gasteiger partial charge in [-0.25, -0.2) is 4.79 Å². The molecular formula is C18H27NO4. The fourth-order valence-corrected chi connectivity index (χ4v) is 2.43. The van der Waals surface area contributed by atoms with E-state index in [0.29, 0.717) is 13.0 Å². The number of hydrogen-bond acceptors (Lipinski definition) is 4. The Morgan fingerprint density at radius 1 is 1.17 bits per heavy atom. The molecule has 23 heavy (non-hydrogen) atoms. The first-order valence-corrected chi connectivity index (χ1v) is 8.09. The van der Waals surface area contributed by atoms with Crippen LogP contribution in [0.25, 0.3) is 0 Å². The average Bonchev–Trinajstić information content (AvgIpc) is 2.45. The minimum Gasteiger partial charge on any atom is -0.444 e. The molecule has 1 aliphatic heterocycles. The van der Waals surface area contributed by atoms with E-state index in [1.807, 2.05) is 6.92 Å². The second kappa shape index (κ2) is 8.65. The van der Waals surface area contributed by atoms with Gasteiger partial charge in [-0.3, -0.25) is 14.5 Å². The number of piperidine rings is 1. The molecule has 5 heteroatoms. The number of amides is 1. The average molecular weight is 321 g/mol. The predicted molar refractivity (Wildman–Crippen MR) is 89.2 cm³/mol. The van der Waals surface area contributed by atoms with Crippen LogP contribution in [-0.2, 0) is 14.3 Å². The quantitative estimate of drug-likeness (QED) is 0.442. The van der Waals surface area contributed by atoms with Crippen LogP contribution in [-0.4, -0.2) is 40.7 Å². The van der Waals surface area contributed by atoms with Gasteiger partial charge in [0.05, 0.1) is 12.5 Å². The van der Waals surface area contributed by atoms with E-state index in [-0.39, 0.29) is 18.0 Å². The van der Waals surface area contributed by atoms with Crippen molar-refractivity contribution in [3.63, 3.8) is 0 Å². The Morgan fingerprint density at radius 3 is 2.48 bits per heavy atom. The zero-order valence-electron chi connectivity index (χ0n) is 14.5. The monoisotopic (exact) mass is 321 g/mol. The van der Waals surface area contributed by atoms with Crippen molar-refractivity contribution >= 4 is 17.7 Å². The van der Waals surface area contributed by atoms with E-state index in [4.69, 9.17) is 4.74 Å². The van der Waals surface area contributed by atoms with E-state index in [2.05, 4.69) is 0 Å². The van der Waals surface area contributed by atoms with Crippen molar-refractivity contribution in [2.45, 2.75) is 65.0 Å². The summed E-state index contributed by atoms with van der Waals surface area (Å²) in [7, 11) is 0. The number of ether oxygens (including phenoxy) is 1. The van der Waals surface area contributed by atoms with Crippen molar-refractivity contribution in [1.82, 2.24) is 4.90 Å². The van der Waals surface area contributed by atoms with Gasteiger partial charge in [0.2, 0.25) is 0 Å². The van der Waals surface area contributed by atoms with Crippen molar-refractivity contribution in [2.75, 3.05) is 6.54 Å². The summed E-state index contributed by atoms with van der Waals surface area (Å²) in [5, 5.41) is 0. The summed E-state index contributed by atoms with van der Waals surface area (Å²) in [6, 6.07) is -0.558. The number of likely N-dealkylation sites (tertiary alicyclic amines) is 1. The van der Waals surface area contributed by atoms with E-state index in [1.54, 1.807) is 39.0 Å². The Morgan fingerprint density at radius 2 is 1.87 bits per heavy atom. The van der Waals surface area contributed by atoms with Gasteiger partial charge in [-0.05, 0) is 53.0 Å². The lowest BCUT2D eigenvalue weighted by Crippen LogP contribution is -2.50. The highest BCUT2D eigenvalue weighted by Crippen LogP contribution is 2.22. The van der Waals surface area contributed by atoms with Crippen LogP contribution in [0.15, 0.2) is 24.3 Å². The van der Waals surface area contributed by atoms with Crippen LogP contribution in [0, 0.1) is 0 Å². The maximum atomic E-state index is 12.4. The zero-order chi connectivity index (χ0) is 17.5. The third-order valence-electron chi connectivity index (χ3n) is 3.44. The molecule has 1 atom stereocenters. The molecular weight excluding hydrogens is 294 g/mol. The Labute approximate surface area is 138 Å². The predicted octanol–water partition coefficient (Wildman–Crippen LogP) is 3.44. The molecule has 1 aliphatic rings. The largest absolute Gasteiger partial charge is 0.444 e. The van der Waals surface area contributed by atoms with Gasteiger partial charge in [0.15, 0.2) is 11.6 Å². The van der Waals surface area contributed by atoms with E-state index in [9.17, 15) is 14.4 Å². The van der Waals surface area contributed by atoms with Crippen LogP contribution in [0.1, 0.15) is 53.4 Å². The molecule has 1 rings (SSSR count). The number of carbonyl (C=O) groups is 3.